The number of likely N-dealkylation sites (N-methyl/N-ethyl adjacent to an activating group) is 1. The molecule has 0 bridgehead atoms. The lowest BCUT2D eigenvalue weighted by molar-refractivity contribution is 0.0372. The van der Waals surface area contributed by atoms with Crippen LogP contribution in [0.1, 0.15) is 24.2 Å². The Kier molecular flexibility index (Phi) is 7.88. The van der Waals surface area contributed by atoms with E-state index in [9.17, 15) is 14.7 Å². The van der Waals surface area contributed by atoms with E-state index >= 15 is 0 Å². The Morgan fingerprint density at radius 1 is 1.11 bits per heavy atom. The van der Waals surface area contributed by atoms with Crippen LogP contribution < -0.4 is 15.0 Å². The van der Waals surface area contributed by atoms with Gasteiger partial charge in [0.2, 0.25) is 0 Å². The number of carbonyl (C=O) groups excluding carboxylic acids is 2. The van der Waals surface area contributed by atoms with Crippen molar-refractivity contribution >= 4 is 34.1 Å². The molecule has 0 saturated heterocycles. The SMILES string of the molecule is C[C@@H]1CN([C@H](C)CO)C(=O)c2cccc(N(C)C)c2O[C@@H]1CN(C)C(=O)Nc1cccc2ccccc12. The van der Waals surface area contributed by atoms with Gasteiger partial charge < -0.3 is 29.9 Å². The van der Waals surface area contributed by atoms with Gasteiger partial charge in [0.25, 0.3) is 5.91 Å². The molecular formula is C29H36N4O4. The molecule has 8 nitrogen and oxygen atoms in total. The summed E-state index contributed by atoms with van der Waals surface area (Å²) in [6, 6.07) is 18.7. The molecule has 1 heterocycles. The predicted molar refractivity (Wildman–Crippen MR) is 148 cm³/mol. The van der Waals surface area contributed by atoms with E-state index in [1.807, 2.05) is 87.4 Å². The van der Waals surface area contributed by atoms with E-state index < -0.39 is 0 Å². The number of aliphatic hydroxyl groups excluding tert-OH is 1. The Morgan fingerprint density at radius 2 is 1.81 bits per heavy atom. The maximum atomic E-state index is 13.5. The van der Waals surface area contributed by atoms with Crippen LogP contribution in [0.2, 0.25) is 0 Å². The molecule has 0 fully saturated rings. The fourth-order valence-electron chi connectivity index (χ4n) is 4.70. The highest BCUT2D eigenvalue weighted by atomic mass is 16.5. The zero-order chi connectivity index (χ0) is 26.7. The Hall–Kier alpha value is -3.78. The summed E-state index contributed by atoms with van der Waals surface area (Å²) in [7, 11) is 5.55. The number of benzene rings is 3. The van der Waals surface area contributed by atoms with Gasteiger partial charge in [-0.3, -0.25) is 4.79 Å². The third-order valence-electron chi connectivity index (χ3n) is 6.98. The van der Waals surface area contributed by atoms with Gasteiger partial charge in [-0.2, -0.15) is 0 Å². The van der Waals surface area contributed by atoms with Gasteiger partial charge in [0, 0.05) is 39.0 Å². The van der Waals surface area contributed by atoms with Crippen molar-refractivity contribution in [2.75, 3.05) is 51.1 Å². The number of nitrogens with one attached hydrogen (secondary N) is 1. The molecule has 3 aromatic rings. The summed E-state index contributed by atoms with van der Waals surface area (Å²) in [6.07, 6.45) is -0.385. The molecule has 2 N–H and O–H groups in total. The van der Waals surface area contributed by atoms with Gasteiger partial charge in [0.1, 0.15) is 6.10 Å². The van der Waals surface area contributed by atoms with E-state index in [1.54, 1.807) is 22.9 Å². The van der Waals surface area contributed by atoms with Crippen LogP contribution in [0.5, 0.6) is 5.75 Å². The summed E-state index contributed by atoms with van der Waals surface area (Å²) < 4.78 is 6.54. The lowest BCUT2D eigenvalue weighted by Gasteiger charge is -2.39. The summed E-state index contributed by atoms with van der Waals surface area (Å²) in [4.78, 5) is 32.0. The van der Waals surface area contributed by atoms with E-state index in [0.29, 0.717) is 24.4 Å². The molecule has 4 rings (SSSR count). The largest absolute Gasteiger partial charge is 0.485 e. The van der Waals surface area contributed by atoms with Gasteiger partial charge in [0.05, 0.1) is 36.1 Å². The molecule has 0 radical (unpaired) electrons. The Balaban J connectivity index is 1.62. The van der Waals surface area contributed by atoms with Crippen molar-refractivity contribution < 1.29 is 19.4 Å². The minimum Gasteiger partial charge on any atom is -0.485 e. The number of hydrogen-bond acceptors (Lipinski definition) is 5. The lowest BCUT2D eigenvalue weighted by atomic mass is 9.99. The molecule has 3 aromatic carbocycles. The van der Waals surface area contributed by atoms with Gasteiger partial charge in [-0.25, -0.2) is 4.79 Å². The summed E-state index contributed by atoms with van der Waals surface area (Å²) in [5.74, 6) is 0.216. The number of aliphatic hydroxyl groups is 1. The molecule has 8 heteroatoms. The molecule has 196 valence electrons. The highest BCUT2D eigenvalue weighted by Gasteiger charge is 2.35. The van der Waals surface area contributed by atoms with Crippen LogP contribution in [0.4, 0.5) is 16.2 Å². The highest BCUT2D eigenvalue weighted by molar-refractivity contribution is 6.01. The number of amides is 3. The van der Waals surface area contributed by atoms with Gasteiger partial charge in [0.15, 0.2) is 5.75 Å². The molecule has 3 amide bonds. The van der Waals surface area contributed by atoms with Crippen molar-refractivity contribution in [1.82, 2.24) is 9.80 Å². The number of rotatable bonds is 6. The van der Waals surface area contributed by atoms with Crippen LogP contribution >= 0.6 is 0 Å². The maximum Gasteiger partial charge on any atom is 0.321 e. The van der Waals surface area contributed by atoms with E-state index in [1.165, 1.54) is 0 Å². The first kappa shape index (κ1) is 26.3. The van der Waals surface area contributed by atoms with Crippen molar-refractivity contribution in [3.8, 4) is 5.75 Å². The number of fused-ring (bicyclic) bond motifs is 2. The van der Waals surface area contributed by atoms with Gasteiger partial charge in [-0.15, -0.1) is 0 Å². The molecule has 1 aliphatic rings. The molecule has 37 heavy (non-hydrogen) atoms. The molecular weight excluding hydrogens is 468 g/mol. The topological polar surface area (TPSA) is 85.4 Å². The molecule has 0 unspecified atom stereocenters. The quantitative estimate of drug-likeness (QED) is 0.523. The number of carbonyl (C=O) groups is 2. The number of hydrogen-bond donors (Lipinski definition) is 2. The van der Waals surface area contributed by atoms with Crippen LogP contribution in [0, 0.1) is 5.92 Å². The summed E-state index contributed by atoms with van der Waals surface area (Å²) in [5, 5.41) is 14.9. The first-order valence-corrected chi connectivity index (χ1v) is 12.6. The second-order valence-electron chi connectivity index (χ2n) is 10.0. The molecule has 0 aliphatic carbocycles. The Morgan fingerprint density at radius 3 is 2.54 bits per heavy atom. The van der Waals surface area contributed by atoms with E-state index in [4.69, 9.17) is 4.74 Å². The number of nitrogens with zero attached hydrogens (tertiary/aromatic N) is 3. The average Bonchev–Trinajstić information content (AvgIpc) is 2.89. The standard InChI is InChI=1S/C29H36N4O4/c1-19-16-33(20(2)18-34)28(35)23-13-9-15-25(31(3)4)27(23)37-26(19)17-32(5)29(36)30-24-14-8-11-21-10-6-7-12-22(21)24/h6-15,19-20,26,34H,16-18H2,1-5H3,(H,30,36)/t19-,20-,26-/m1/s1. The van der Waals surface area contributed by atoms with Crippen LogP contribution in [0.15, 0.2) is 60.7 Å². The van der Waals surface area contributed by atoms with E-state index in [0.717, 1.165) is 22.1 Å². The summed E-state index contributed by atoms with van der Waals surface area (Å²) >= 11 is 0. The first-order valence-electron chi connectivity index (χ1n) is 12.6. The average molecular weight is 505 g/mol. The lowest BCUT2D eigenvalue weighted by Crippen LogP contribution is -2.50. The number of para-hydroxylation sites is 1. The van der Waals surface area contributed by atoms with Crippen LogP contribution in [-0.2, 0) is 0 Å². The van der Waals surface area contributed by atoms with Crippen molar-refractivity contribution in [2.45, 2.75) is 26.0 Å². The second-order valence-corrected chi connectivity index (χ2v) is 10.0. The van der Waals surface area contributed by atoms with E-state index in [-0.39, 0.29) is 36.6 Å². The molecule has 0 spiro atoms. The normalized spacial score (nSPS) is 18.3. The van der Waals surface area contributed by atoms with Crippen LogP contribution in [0.25, 0.3) is 10.8 Å². The third-order valence-corrected chi connectivity index (χ3v) is 6.98. The number of ether oxygens (including phenoxy) is 1. The second kappa shape index (κ2) is 11.1. The fourth-order valence-corrected chi connectivity index (χ4v) is 4.70. The van der Waals surface area contributed by atoms with Crippen LogP contribution in [-0.4, -0.2) is 79.8 Å². The number of anilines is 2. The smallest absolute Gasteiger partial charge is 0.321 e. The predicted octanol–water partition coefficient (Wildman–Crippen LogP) is 4.29. The van der Waals surface area contributed by atoms with Crippen molar-refractivity contribution in [1.29, 1.82) is 0 Å². The van der Waals surface area contributed by atoms with Gasteiger partial charge in [-0.05, 0) is 30.5 Å². The number of urea groups is 1. The zero-order valence-electron chi connectivity index (χ0n) is 22.1. The highest BCUT2D eigenvalue weighted by Crippen LogP contribution is 2.36. The van der Waals surface area contributed by atoms with Gasteiger partial charge in [-0.1, -0.05) is 49.4 Å². The molecule has 0 saturated carbocycles. The maximum absolute atomic E-state index is 13.5. The van der Waals surface area contributed by atoms with Crippen LogP contribution in [0.3, 0.4) is 0 Å². The Bertz CT molecular complexity index is 1270. The monoisotopic (exact) mass is 504 g/mol. The zero-order valence-corrected chi connectivity index (χ0v) is 22.1. The first-order chi connectivity index (χ1) is 17.7. The molecule has 0 aromatic heterocycles. The minimum atomic E-state index is -0.385. The Labute approximate surface area is 218 Å². The summed E-state index contributed by atoms with van der Waals surface area (Å²) in [6.45, 7) is 4.42. The van der Waals surface area contributed by atoms with E-state index in [2.05, 4.69) is 5.32 Å². The van der Waals surface area contributed by atoms with Gasteiger partial charge >= 0.3 is 6.03 Å². The third kappa shape index (κ3) is 5.49. The van der Waals surface area contributed by atoms with Crippen molar-refractivity contribution in [3.63, 3.8) is 0 Å². The molecule has 3 atom stereocenters. The van der Waals surface area contributed by atoms with Crippen molar-refractivity contribution in [3.05, 3.63) is 66.2 Å². The summed E-state index contributed by atoms with van der Waals surface area (Å²) in [5.41, 5.74) is 1.98. The fraction of sp³-hybridized carbons (Fsp3) is 0.379. The minimum absolute atomic E-state index is 0.103. The van der Waals surface area contributed by atoms with Crippen molar-refractivity contribution in [2.24, 2.45) is 5.92 Å². The molecule has 1 aliphatic heterocycles.